The number of hydrogen-bond acceptors (Lipinski definition) is 4. The second kappa shape index (κ2) is 9.20. The fraction of sp³-hybridized carbons (Fsp3) is 0.350. The Morgan fingerprint density at radius 2 is 1.92 bits per heavy atom. The highest BCUT2D eigenvalue weighted by Gasteiger charge is 2.14. The van der Waals surface area contributed by atoms with Crippen LogP contribution in [-0.4, -0.2) is 44.9 Å². The van der Waals surface area contributed by atoms with Crippen molar-refractivity contribution in [3.63, 3.8) is 0 Å². The number of amides is 1. The van der Waals surface area contributed by atoms with Gasteiger partial charge in [0.25, 0.3) is 5.91 Å². The van der Waals surface area contributed by atoms with Crippen LogP contribution in [0.25, 0.3) is 0 Å². The molecule has 2 aromatic carbocycles. The number of hydrogen-bond donors (Lipinski definition) is 2. The van der Waals surface area contributed by atoms with Gasteiger partial charge in [0.1, 0.15) is 0 Å². The molecule has 1 amide bonds. The third kappa shape index (κ3) is 5.59. The predicted octanol–water partition coefficient (Wildman–Crippen LogP) is 2.54. The molecule has 134 valence electrons. The van der Waals surface area contributed by atoms with Crippen molar-refractivity contribution in [3.8, 4) is 0 Å². The van der Waals surface area contributed by atoms with Crippen LogP contribution >= 0.6 is 0 Å². The summed E-state index contributed by atoms with van der Waals surface area (Å²) in [6.45, 7) is 2.53. The zero-order valence-corrected chi connectivity index (χ0v) is 15.0. The Morgan fingerprint density at radius 1 is 1.20 bits per heavy atom. The Balaban J connectivity index is 2.05. The van der Waals surface area contributed by atoms with Gasteiger partial charge < -0.3 is 20.1 Å². The fourth-order valence-corrected chi connectivity index (χ4v) is 2.46. The maximum absolute atomic E-state index is 12.4. The molecule has 0 saturated carbocycles. The molecule has 0 spiro atoms. The van der Waals surface area contributed by atoms with Crippen molar-refractivity contribution < 1.29 is 14.6 Å². The summed E-state index contributed by atoms with van der Waals surface area (Å²) in [7, 11) is 3.88. The minimum absolute atomic E-state index is 0.0544. The second-order valence-electron chi connectivity index (χ2n) is 6.15. The molecule has 1 unspecified atom stereocenters. The number of aliphatic hydroxyl groups excluding tert-OH is 1. The highest BCUT2D eigenvalue weighted by Crippen LogP contribution is 2.18. The van der Waals surface area contributed by atoms with Crippen molar-refractivity contribution in [1.82, 2.24) is 5.32 Å². The van der Waals surface area contributed by atoms with E-state index in [1.165, 1.54) is 0 Å². The van der Waals surface area contributed by atoms with Crippen LogP contribution in [0.5, 0.6) is 0 Å². The topological polar surface area (TPSA) is 61.8 Å². The number of aliphatic hydroxyl groups is 1. The Hall–Kier alpha value is -2.37. The van der Waals surface area contributed by atoms with E-state index < -0.39 is 0 Å². The number of carbonyl (C=O) groups excluding carboxylic acids is 1. The lowest BCUT2D eigenvalue weighted by Crippen LogP contribution is -2.30. The summed E-state index contributed by atoms with van der Waals surface area (Å²) in [5.41, 5.74) is 3.71. The number of benzene rings is 2. The smallest absolute Gasteiger partial charge is 0.251 e. The number of carbonyl (C=O) groups is 1. The Bertz CT molecular complexity index is 684. The minimum Gasteiger partial charge on any atom is -0.394 e. The lowest BCUT2D eigenvalue weighted by Gasteiger charge is -2.19. The average molecular weight is 342 g/mol. The molecule has 0 fully saturated rings. The van der Waals surface area contributed by atoms with Gasteiger partial charge in [0.05, 0.1) is 19.3 Å². The van der Waals surface area contributed by atoms with E-state index in [1.54, 1.807) is 6.07 Å². The first kappa shape index (κ1) is 19.0. The molecular formula is C20H26N2O3. The van der Waals surface area contributed by atoms with Crippen LogP contribution in [-0.2, 0) is 4.74 Å². The van der Waals surface area contributed by atoms with Crippen molar-refractivity contribution in [3.05, 3.63) is 65.2 Å². The molecule has 0 aliphatic rings. The molecule has 2 N–H and O–H groups in total. The number of ether oxygens (including phenoxy) is 1. The molecule has 5 nitrogen and oxygen atoms in total. The monoisotopic (exact) mass is 342 g/mol. The summed E-state index contributed by atoms with van der Waals surface area (Å²) in [6, 6.07) is 15.4. The summed E-state index contributed by atoms with van der Waals surface area (Å²) in [6.07, 6.45) is -0.297. The van der Waals surface area contributed by atoms with Crippen LogP contribution in [0.3, 0.4) is 0 Å². The molecule has 5 heteroatoms. The first-order chi connectivity index (χ1) is 12.0. The minimum atomic E-state index is -0.297. The van der Waals surface area contributed by atoms with E-state index in [0.717, 1.165) is 16.8 Å². The zero-order valence-electron chi connectivity index (χ0n) is 15.0. The molecule has 0 saturated heterocycles. The Kier molecular flexibility index (Phi) is 6.98. The highest BCUT2D eigenvalue weighted by molar-refractivity contribution is 5.95. The molecule has 1 atom stereocenters. The molecule has 0 bridgehead atoms. The van der Waals surface area contributed by atoms with E-state index in [2.05, 4.69) is 5.32 Å². The molecule has 2 rings (SSSR count). The number of aryl methyl sites for hydroxylation is 1. The van der Waals surface area contributed by atoms with E-state index in [0.29, 0.717) is 12.1 Å². The lowest BCUT2D eigenvalue weighted by molar-refractivity contribution is 0.0277. The van der Waals surface area contributed by atoms with Gasteiger partial charge in [-0.3, -0.25) is 4.79 Å². The molecule has 2 aromatic rings. The van der Waals surface area contributed by atoms with E-state index in [-0.39, 0.29) is 25.2 Å². The summed E-state index contributed by atoms with van der Waals surface area (Å²) in [4.78, 5) is 14.4. The Morgan fingerprint density at radius 3 is 2.56 bits per heavy atom. The number of anilines is 1. The number of rotatable bonds is 8. The third-order valence-electron chi connectivity index (χ3n) is 3.93. The summed E-state index contributed by atoms with van der Waals surface area (Å²) in [5, 5.41) is 12.0. The molecule has 25 heavy (non-hydrogen) atoms. The molecule has 0 aromatic heterocycles. The Labute approximate surface area is 149 Å². The summed E-state index contributed by atoms with van der Waals surface area (Å²) >= 11 is 0. The summed E-state index contributed by atoms with van der Waals surface area (Å²) < 4.78 is 5.69. The van der Waals surface area contributed by atoms with Crippen LogP contribution in [0.15, 0.2) is 48.5 Å². The normalized spacial score (nSPS) is 11.8. The lowest BCUT2D eigenvalue weighted by atomic mass is 10.1. The molecular weight excluding hydrogens is 316 g/mol. The van der Waals surface area contributed by atoms with Gasteiger partial charge in [-0.1, -0.05) is 35.9 Å². The van der Waals surface area contributed by atoms with E-state index in [9.17, 15) is 4.79 Å². The average Bonchev–Trinajstić information content (AvgIpc) is 2.62. The van der Waals surface area contributed by atoms with Gasteiger partial charge in [0, 0.05) is 31.9 Å². The van der Waals surface area contributed by atoms with Gasteiger partial charge in [-0.05, 0) is 30.7 Å². The van der Waals surface area contributed by atoms with Gasteiger partial charge in [0.2, 0.25) is 0 Å². The van der Waals surface area contributed by atoms with E-state index in [1.807, 2.05) is 68.4 Å². The highest BCUT2D eigenvalue weighted by atomic mass is 16.5. The van der Waals surface area contributed by atoms with Crippen molar-refractivity contribution in [2.45, 2.75) is 13.0 Å². The third-order valence-corrected chi connectivity index (χ3v) is 3.93. The fourth-order valence-electron chi connectivity index (χ4n) is 2.46. The van der Waals surface area contributed by atoms with Gasteiger partial charge >= 0.3 is 0 Å². The first-order valence-corrected chi connectivity index (χ1v) is 8.36. The second-order valence-corrected chi connectivity index (χ2v) is 6.15. The molecule has 0 aliphatic carbocycles. The standard InChI is InChI=1S/C20H26N2O3/c1-15-7-9-16(10-8-15)19(25-12-11-23)14-21-20(24)17-5-4-6-18(13-17)22(2)3/h4-10,13,19,23H,11-12,14H2,1-3H3,(H,21,24). The van der Waals surface area contributed by atoms with Crippen LogP contribution < -0.4 is 10.2 Å². The van der Waals surface area contributed by atoms with Gasteiger partial charge in [0.15, 0.2) is 0 Å². The first-order valence-electron chi connectivity index (χ1n) is 8.36. The maximum atomic E-state index is 12.4. The van der Waals surface area contributed by atoms with Crippen LogP contribution in [0, 0.1) is 6.92 Å². The molecule has 0 radical (unpaired) electrons. The van der Waals surface area contributed by atoms with Crippen LogP contribution in [0.2, 0.25) is 0 Å². The van der Waals surface area contributed by atoms with Crippen molar-refractivity contribution in [2.24, 2.45) is 0 Å². The van der Waals surface area contributed by atoms with Gasteiger partial charge in [-0.15, -0.1) is 0 Å². The zero-order chi connectivity index (χ0) is 18.2. The van der Waals surface area contributed by atoms with E-state index in [4.69, 9.17) is 9.84 Å². The van der Waals surface area contributed by atoms with Crippen molar-refractivity contribution in [1.29, 1.82) is 0 Å². The van der Waals surface area contributed by atoms with Crippen molar-refractivity contribution >= 4 is 11.6 Å². The number of nitrogens with one attached hydrogen (secondary N) is 1. The molecule has 0 heterocycles. The number of nitrogens with zero attached hydrogens (tertiary/aromatic N) is 1. The van der Waals surface area contributed by atoms with Gasteiger partial charge in [-0.2, -0.15) is 0 Å². The van der Waals surface area contributed by atoms with Gasteiger partial charge in [-0.25, -0.2) is 0 Å². The quantitative estimate of drug-likeness (QED) is 0.774. The van der Waals surface area contributed by atoms with Crippen molar-refractivity contribution in [2.75, 3.05) is 38.8 Å². The maximum Gasteiger partial charge on any atom is 0.251 e. The van der Waals surface area contributed by atoms with E-state index >= 15 is 0 Å². The largest absolute Gasteiger partial charge is 0.394 e. The molecule has 0 aliphatic heterocycles. The predicted molar refractivity (Wildman–Crippen MR) is 100 cm³/mol. The SMILES string of the molecule is Cc1ccc(C(CNC(=O)c2cccc(N(C)C)c2)OCCO)cc1. The van der Waals surface area contributed by atoms with Crippen LogP contribution in [0.4, 0.5) is 5.69 Å². The summed E-state index contributed by atoms with van der Waals surface area (Å²) in [5.74, 6) is -0.145. The van der Waals surface area contributed by atoms with Crippen LogP contribution in [0.1, 0.15) is 27.6 Å².